The summed E-state index contributed by atoms with van der Waals surface area (Å²) in [4.78, 5) is 99.8. The number of carboxylic acids is 1. The topological polar surface area (TPSA) is 457 Å². The number of benzene rings is 6. The third kappa shape index (κ3) is 20.2. The quantitative estimate of drug-likeness (QED) is 0.0375. The lowest BCUT2D eigenvalue weighted by Crippen LogP contribution is -2.59. The summed E-state index contributed by atoms with van der Waals surface area (Å²) in [5.74, 6) is -4.84. The van der Waals surface area contributed by atoms with Crippen molar-refractivity contribution in [2.24, 2.45) is 0 Å². The standard InChI is InChI=1S/C34H36FN7O4S.C32H31FN6O4S.C30H30FN5O6S/c1-21(2)39-32-24(17-36)15-28(16-30(32)35)47(45,46)42-13-12-31(42)34(44)41(27-10-11-29-25(14-27)19-38-40-33(29)43)20-26-9-8-23(18-37-26)22-6-4-3-5-7-22;1-20-23(16-34)14-27(15-29(20)33)44(42,43)39-12-11-30(39)32(41)38(26-9-10-28-24(13-26)18-36-37-31(28)40)19-25-8-7-22(17-35-25)21-5-3-2-4-6-21;1-18-20(14-32)11-23(13-25(18)31)43(41,42)36-10-9-27(36)29(38)35(22-7-8-24(30(39)40)28(37)12-22)17-21-15-34-26(16-33-21)19-5-3-2-4-6-19/h8-11,14-16,18-19,21-22,31,39H,3-7,12-13,20H2,1-2H3,(H,40,43);7-10,13-15,17-18,21,30H,2-6,11-12,19H2,1H3,(H,37,40);7-8,11-13,15-16,19,27,37H,2-6,9-10,17H2,1H3,(H,39,40)/t31-;30-;27-/m111/s1. The Morgan fingerprint density at radius 2 is 0.843 bits per heavy atom. The van der Waals surface area contributed by atoms with E-state index in [4.69, 9.17) is 0 Å². The summed E-state index contributed by atoms with van der Waals surface area (Å²) in [7, 11) is -13.0. The Kier molecular flexibility index (Phi) is 28.7. The maximum atomic E-state index is 15.1. The number of amides is 3. The number of pyridine rings is 2. The third-order valence-corrected chi connectivity index (χ3v) is 31.5. The molecule has 0 unspecified atom stereocenters. The first kappa shape index (κ1) is 95.1. The molecule has 134 heavy (non-hydrogen) atoms. The largest absolute Gasteiger partial charge is 0.507 e. The highest BCUT2D eigenvalue weighted by molar-refractivity contribution is 7.89. The van der Waals surface area contributed by atoms with Gasteiger partial charge in [0.05, 0.1) is 121 Å². The van der Waals surface area contributed by atoms with Gasteiger partial charge >= 0.3 is 5.97 Å². The molecule has 0 radical (unpaired) electrons. The summed E-state index contributed by atoms with van der Waals surface area (Å²) in [6.45, 7) is 6.41. The number of aromatic nitrogens is 8. The number of rotatable bonds is 24. The average molecular weight is 1880 g/mol. The van der Waals surface area contributed by atoms with Crippen LogP contribution in [0, 0.1) is 65.3 Å². The number of phenols is 1. The zero-order valence-electron chi connectivity index (χ0n) is 73.8. The number of hydrogen-bond acceptors (Lipinski definition) is 23. The monoisotopic (exact) mass is 1880 g/mol. The molecule has 0 spiro atoms. The van der Waals surface area contributed by atoms with E-state index in [1.807, 2.05) is 48.8 Å². The number of anilines is 4. The summed E-state index contributed by atoms with van der Waals surface area (Å²) in [5, 5.41) is 65.3. The number of halogens is 3. The minimum absolute atomic E-state index is 0.0109. The number of aromatic amines is 2. The predicted octanol–water partition coefficient (Wildman–Crippen LogP) is 14.1. The van der Waals surface area contributed by atoms with Crippen LogP contribution in [-0.2, 0) is 64.1 Å². The van der Waals surface area contributed by atoms with E-state index in [0.29, 0.717) is 67.8 Å². The van der Waals surface area contributed by atoms with Crippen molar-refractivity contribution in [1.29, 1.82) is 15.8 Å². The maximum absolute atomic E-state index is 15.1. The molecule has 3 aliphatic carbocycles. The van der Waals surface area contributed by atoms with Gasteiger partial charge in [0.15, 0.2) is 0 Å². The van der Waals surface area contributed by atoms with E-state index in [0.717, 1.165) is 124 Å². The van der Waals surface area contributed by atoms with Crippen LogP contribution in [0.2, 0.25) is 0 Å². The molecule has 5 N–H and O–H groups in total. The van der Waals surface area contributed by atoms with Crippen LogP contribution in [0.3, 0.4) is 0 Å². The van der Waals surface area contributed by atoms with E-state index in [1.54, 1.807) is 68.7 Å². The lowest BCUT2D eigenvalue weighted by atomic mass is 9.85. The predicted molar refractivity (Wildman–Crippen MR) is 490 cm³/mol. The summed E-state index contributed by atoms with van der Waals surface area (Å²) < 4.78 is 129. The first-order chi connectivity index (χ1) is 64.2. The number of H-pyrrole nitrogens is 2. The number of carbonyl (C=O) groups excluding carboxylic acids is 3. The van der Waals surface area contributed by atoms with Crippen molar-refractivity contribution in [3.8, 4) is 24.0 Å². The van der Waals surface area contributed by atoms with Gasteiger partial charge < -0.3 is 30.2 Å². The molecule has 5 aromatic heterocycles. The van der Waals surface area contributed by atoms with Crippen LogP contribution in [0.15, 0.2) is 177 Å². The van der Waals surface area contributed by atoms with Gasteiger partial charge in [-0.3, -0.25) is 43.9 Å². The Balaban J connectivity index is 0.000000153. The van der Waals surface area contributed by atoms with E-state index < -0.39 is 105 Å². The molecule has 3 saturated heterocycles. The molecule has 6 fully saturated rings. The number of nitrogens with one attached hydrogen (secondary N) is 3. The number of sulfonamides is 3. The van der Waals surface area contributed by atoms with Gasteiger partial charge in [0.1, 0.15) is 53.0 Å². The molecule has 38 heteroatoms. The normalized spacial score (nSPS) is 17.5. The van der Waals surface area contributed by atoms with Crippen molar-refractivity contribution in [1.82, 2.24) is 53.2 Å². The molecule has 0 bridgehead atoms. The molecule has 3 aliphatic heterocycles. The summed E-state index contributed by atoms with van der Waals surface area (Å²) in [5.41, 5.74) is 4.38. The van der Waals surface area contributed by atoms with E-state index in [9.17, 15) is 88.8 Å². The Morgan fingerprint density at radius 3 is 1.20 bits per heavy atom. The molecule has 3 saturated carbocycles. The Labute approximate surface area is 771 Å². The minimum atomic E-state index is -4.36. The first-order valence-corrected chi connectivity index (χ1v) is 48.7. The molecule has 32 nitrogen and oxygen atoms in total. The molecule has 17 rings (SSSR count). The molecule has 3 atom stereocenters. The van der Waals surface area contributed by atoms with Crippen LogP contribution in [0.1, 0.15) is 219 Å². The van der Waals surface area contributed by atoms with E-state index in [1.165, 1.54) is 97.5 Å². The number of carbonyl (C=O) groups is 4. The Morgan fingerprint density at radius 1 is 0.463 bits per heavy atom. The number of nitriles is 3. The van der Waals surface area contributed by atoms with Gasteiger partial charge in [0.25, 0.3) is 11.1 Å². The fraction of sp³-hybridized carbons (Fsp3) is 0.365. The van der Waals surface area contributed by atoms with Crippen molar-refractivity contribution >= 4 is 98.1 Å². The zero-order chi connectivity index (χ0) is 95.2. The van der Waals surface area contributed by atoms with E-state index in [2.05, 4.69) is 45.6 Å². The third-order valence-electron chi connectivity index (χ3n) is 25.9. The number of aromatic carboxylic acids is 1. The second-order valence-corrected chi connectivity index (χ2v) is 40.4. The fourth-order valence-electron chi connectivity index (χ4n) is 18.0. The first-order valence-electron chi connectivity index (χ1n) is 44.4. The molecule has 6 aromatic carbocycles. The van der Waals surface area contributed by atoms with Crippen LogP contribution in [-0.4, -0.2) is 156 Å². The fourth-order valence-corrected chi connectivity index (χ4v) is 22.9. The van der Waals surface area contributed by atoms with Crippen molar-refractivity contribution in [3.63, 3.8) is 0 Å². The number of nitrogens with zero attached hydrogens (tertiary/aromatic N) is 15. The molecule has 3 amide bonds. The van der Waals surface area contributed by atoms with Crippen LogP contribution in [0.5, 0.6) is 5.75 Å². The SMILES string of the molecule is CC(C)Nc1c(F)cc(S(=O)(=O)N2CC[C@@H]2C(=O)N(Cc2ccc(C3CCCCC3)cn2)c2ccc3c(=O)[nH]ncc3c2)cc1C#N.Cc1c(F)cc(S(=O)(=O)N2CC[C@@H]2C(=O)N(Cc2ccc(C3CCCCC3)cn2)c2ccc3c(=O)[nH]ncc3c2)cc1C#N.Cc1c(F)cc(S(=O)(=O)N2CC[C@@H]2C(=O)N(Cc2cnc(C3CCCCC3)cn2)c2ccc(C(=O)O)c(O)c2)cc1C#N. The lowest BCUT2D eigenvalue weighted by Gasteiger charge is -2.41. The molecule has 694 valence electrons. The number of aromatic hydroxyl groups is 1. The van der Waals surface area contributed by atoms with Gasteiger partial charge in [0.2, 0.25) is 47.8 Å². The van der Waals surface area contributed by atoms with Crippen LogP contribution in [0.25, 0.3) is 21.5 Å². The van der Waals surface area contributed by atoms with Gasteiger partial charge in [-0.25, -0.2) is 53.4 Å². The number of fused-ring (bicyclic) bond motifs is 2. The lowest BCUT2D eigenvalue weighted by molar-refractivity contribution is -0.125. The highest BCUT2D eigenvalue weighted by Crippen LogP contribution is 2.41. The smallest absolute Gasteiger partial charge is 0.339 e. The summed E-state index contributed by atoms with van der Waals surface area (Å²) >= 11 is 0. The van der Waals surface area contributed by atoms with Gasteiger partial charge in [-0.15, -0.1) is 0 Å². The summed E-state index contributed by atoms with van der Waals surface area (Å²) in [6, 6.07) is 29.2. The Hall–Kier alpha value is -13.6. The number of carboxylic acid groups (broad SMARTS) is 1. The van der Waals surface area contributed by atoms with Crippen molar-refractivity contribution in [3.05, 3.63) is 258 Å². The van der Waals surface area contributed by atoms with Gasteiger partial charge in [-0.1, -0.05) is 69.9 Å². The molecule has 8 heterocycles. The van der Waals surface area contributed by atoms with Gasteiger partial charge in [-0.2, -0.15) is 38.9 Å². The summed E-state index contributed by atoms with van der Waals surface area (Å²) in [6.07, 6.45) is 27.9. The van der Waals surface area contributed by atoms with Gasteiger partial charge in [-0.05, 0) is 206 Å². The average Bonchev–Trinajstić information content (AvgIpc) is 0.754. The van der Waals surface area contributed by atoms with Crippen LogP contribution in [0.4, 0.5) is 35.9 Å². The van der Waals surface area contributed by atoms with Crippen molar-refractivity contribution in [2.75, 3.05) is 39.7 Å². The Bertz CT molecular complexity index is 7000. The minimum Gasteiger partial charge on any atom is -0.507 e. The molecule has 6 aliphatic rings. The van der Waals surface area contributed by atoms with Crippen molar-refractivity contribution in [2.45, 2.75) is 220 Å². The zero-order valence-corrected chi connectivity index (χ0v) is 76.3. The molecular weight excluding hydrogens is 1780 g/mol. The van der Waals surface area contributed by atoms with Gasteiger partial charge in [0, 0.05) is 95.2 Å². The molecular formula is C96H97F3N18O14S3. The van der Waals surface area contributed by atoms with Crippen molar-refractivity contribution < 1.29 is 67.8 Å². The second-order valence-electron chi connectivity index (χ2n) is 34.7. The van der Waals surface area contributed by atoms with Crippen LogP contribution < -0.4 is 31.1 Å². The highest BCUT2D eigenvalue weighted by Gasteiger charge is 2.49. The van der Waals surface area contributed by atoms with Crippen LogP contribution >= 0.6 is 0 Å². The second kappa shape index (κ2) is 40.5. The highest BCUT2D eigenvalue weighted by atomic mass is 32.2. The van der Waals surface area contributed by atoms with E-state index in [-0.39, 0.29) is 125 Å². The number of hydrogen-bond donors (Lipinski definition) is 5. The molecule has 11 aromatic rings. The maximum Gasteiger partial charge on any atom is 0.339 e. The van der Waals surface area contributed by atoms with E-state index >= 15 is 4.39 Å².